The second-order valence-electron chi connectivity index (χ2n) is 5.33. The minimum absolute atomic E-state index is 0.0435. The van der Waals surface area contributed by atoms with Crippen molar-refractivity contribution < 1.29 is 9.59 Å². The van der Waals surface area contributed by atoms with Crippen molar-refractivity contribution in [3.63, 3.8) is 0 Å². The molecule has 0 atom stereocenters. The first kappa shape index (κ1) is 20.8. The van der Waals surface area contributed by atoms with E-state index in [0.29, 0.717) is 52.1 Å². The van der Waals surface area contributed by atoms with Crippen molar-refractivity contribution in [2.45, 2.75) is 39.0 Å². The van der Waals surface area contributed by atoms with Crippen molar-refractivity contribution in [2.75, 3.05) is 45.8 Å². The van der Waals surface area contributed by atoms with Gasteiger partial charge < -0.3 is 27.0 Å². The number of carbonyl (C=O) groups excluding carboxylic acids is 2. The van der Waals surface area contributed by atoms with Crippen LogP contribution in [0.2, 0.25) is 0 Å². The molecule has 0 aliphatic heterocycles. The number of carbonyl (C=O) groups is 2. The zero-order valence-electron chi connectivity index (χ0n) is 13.9. The summed E-state index contributed by atoms with van der Waals surface area (Å²) in [5, 5.41) is 5.69. The molecule has 0 aromatic heterocycles. The highest BCUT2D eigenvalue weighted by atomic mass is 16.2. The van der Waals surface area contributed by atoms with Crippen LogP contribution < -0.4 is 22.1 Å². The molecule has 7 nitrogen and oxygen atoms in total. The molecule has 0 spiro atoms. The Morgan fingerprint density at radius 3 is 1.68 bits per heavy atom. The van der Waals surface area contributed by atoms with Crippen molar-refractivity contribution in [3.05, 3.63) is 0 Å². The topological polar surface area (TPSA) is 113 Å². The first-order valence-corrected chi connectivity index (χ1v) is 8.29. The highest BCUT2D eigenvalue weighted by Crippen LogP contribution is 1.97. The molecule has 7 heteroatoms. The van der Waals surface area contributed by atoms with Gasteiger partial charge in [-0.15, -0.1) is 0 Å². The second-order valence-corrected chi connectivity index (χ2v) is 5.33. The molecule has 22 heavy (non-hydrogen) atoms. The molecule has 0 aromatic rings. The third-order valence-corrected chi connectivity index (χ3v) is 3.26. The Morgan fingerprint density at radius 2 is 1.32 bits per heavy atom. The Bertz CT molecular complexity index is 274. The molecule has 130 valence electrons. The van der Waals surface area contributed by atoms with Gasteiger partial charge in [0.2, 0.25) is 11.8 Å². The van der Waals surface area contributed by atoms with Gasteiger partial charge in [-0.3, -0.25) is 9.59 Å². The van der Waals surface area contributed by atoms with Crippen LogP contribution in [0.5, 0.6) is 0 Å². The SMILES string of the molecule is CCCN(CCC(=O)NCCCN)CCC(=O)NCCCN. The molecule has 0 aliphatic carbocycles. The maximum Gasteiger partial charge on any atom is 0.221 e. The highest BCUT2D eigenvalue weighted by Gasteiger charge is 2.09. The minimum Gasteiger partial charge on any atom is -0.356 e. The summed E-state index contributed by atoms with van der Waals surface area (Å²) in [6.45, 7) is 6.78. The Balaban J connectivity index is 3.89. The number of amides is 2. The van der Waals surface area contributed by atoms with Gasteiger partial charge >= 0.3 is 0 Å². The van der Waals surface area contributed by atoms with E-state index in [2.05, 4.69) is 22.5 Å². The standard InChI is InChI=1S/C15H33N5O2/c1-2-11-20(12-5-14(21)18-9-3-7-16)13-6-15(22)19-10-4-8-17/h2-13,16-17H2,1H3,(H,18,21)(H,19,22). The molecule has 2 amide bonds. The minimum atomic E-state index is 0.0435. The van der Waals surface area contributed by atoms with Gasteiger partial charge in [-0.1, -0.05) is 6.92 Å². The molecule has 0 saturated carbocycles. The van der Waals surface area contributed by atoms with Crippen molar-refractivity contribution in [1.82, 2.24) is 15.5 Å². The van der Waals surface area contributed by atoms with E-state index >= 15 is 0 Å². The molecule has 0 heterocycles. The maximum absolute atomic E-state index is 11.7. The summed E-state index contributed by atoms with van der Waals surface area (Å²) in [5.41, 5.74) is 10.8. The molecule has 0 bridgehead atoms. The van der Waals surface area contributed by atoms with Crippen molar-refractivity contribution in [3.8, 4) is 0 Å². The predicted octanol–water partition coefficient (Wildman–Crippen LogP) is -0.591. The molecule has 0 radical (unpaired) electrons. The van der Waals surface area contributed by atoms with Crippen LogP contribution in [0.15, 0.2) is 0 Å². The number of hydrogen-bond acceptors (Lipinski definition) is 5. The zero-order valence-corrected chi connectivity index (χ0v) is 13.9. The number of rotatable bonds is 14. The number of nitrogens with two attached hydrogens (primary N) is 2. The van der Waals surface area contributed by atoms with E-state index in [1.807, 2.05) is 0 Å². The van der Waals surface area contributed by atoms with E-state index < -0.39 is 0 Å². The highest BCUT2D eigenvalue weighted by molar-refractivity contribution is 5.76. The van der Waals surface area contributed by atoms with Gasteiger partial charge in [0.1, 0.15) is 0 Å². The molecule has 0 aliphatic rings. The molecule has 0 saturated heterocycles. The summed E-state index contributed by atoms with van der Waals surface area (Å²) in [7, 11) is 0. The van der Waals surface area contributed by atoms with Crippen molar-refractivity contribution in [2.24, 2.45) is 11.5 Å². The van der Waals surface area contributed by atoms with Crippen LogP contribution in [0, 0.1) is 0 Å². The van der Waals surface area contributed by atoms with Gasteiger partial charge in [0.15, 0.2) is 0 Å². The monoisotopic (exact) mass is 315 g/mol. The van der Waals surface area contributed by atoms with Crippen molar-refractivity contribution >= 4 is 11.8 Å². The molecule has 6 N–H and O–H groups in total. The largest absolute Gasteiger partial charge is 0.356 e. The van der Waals surface area contributed by atoms with Crippen LogP contribution in [0.25, 0.3) is 0 Å². The van der Waals surface area contributed by atoms with Crippen LogP contribution in [0.3, 0.4) is 0 Å². The fourth-order valence-corrected chi connectivity index (χ4v) is 2.01. The van der Waals surface area contributed by atoms with Gasteiger partial charge in [-0.25, -0.2) is 0 Å². The van der Waals surface area contributed by atoms with Gasteiger partial charge in [0, 0.05) is 39.0 Å². The zero-order chi connectivity index (χ0) is 16.6. The third-order valence-electron chi connectivity index (χ3n) is 3.26. The average Bonchev–Trinajstić information content (AvgIpc) is 2.50. The Labute approximate surface area is 134 Å². The Kier molecular flexibility index (Phi) is 14.0. The summed E-state index contributed by atoms with van der Waals surface area (Å²) < 4.78 is 0. The smallest absolute Gasteiger partial charge is 0.221 e. The van der Waals surface area contributed by atoms with E-state index in [4.69, 9.17) is 11.5 Å². The first-order chi connectivity index (χ1) is 10.6. The lowest BCUT2D eigenvalue weighted by Crippen LogP contribution is -2.35. The first-order valence-electron chi connectivity index (χ1n) is 8.29. The normalized spacial score (nSPS) is 10.7. The molecule has 0 aromatic carbocycles. The summed E-state index contributed by atoms with van der Waals surface area (Å²) in [5.74, 6) is 0.0869. The third kappa shape index (κ3) is 12.6. The van der Waals surface area contributed by atoms with Gasteiger partial charge in [0.25, 0.3) is 0 Å². The summed E-state index contributed by atoms with van der Waals surface area (Å²) in [4.78, 5) is 25.5. The van der Waals surface area contributed by atoms with E-state index in [1.54, 1.807) is 0 Å². The lowest BCUT2D eigenvalue weighted by atomic mass is 10.2. The number of nitrogens with zero attached hydrogens (tertiary/aromatic N) is 1. The van der Waals surface area contributed by atoms with E-state index in [-0.39, 0.29) is 11.8 Å². The fourth-order valence-electron chi connectivity index (χ4n) is 2.01. The molecular formula is C15H33N5O2. The Hall–Kier alpha value is -1.18. The average molecular weight is 315 g/mol. The summed E-state index contributed by atoms with van der Waals surface area (Å²) in [6.07, 6.45) is 3.52. The van der Waals surface area contributed by atoms with Crippen LogP contribution >= 0.6 is 0 Å². The van der Waals surface area contributed by atoms with Crippen molar-refractivity contribution in [1.29, 1.82) is 0 Å². The van der Waals surface area contributed by atoms with Crippen LogP contribution in [0.1, 0.15) is 39.0 Å². The van der Waals surface area contributed by atoms with Gasteiger partial charge in [-0.2, -0.15) is 0 Å². The second kappa shape index (κ2) is 14.7. The molecule has 0 rings (SSSR count). The lowest BCUT2D eigenvalue weighted by Gasteiger charge is -2.21. The fraction of sp³-hybridized carbons (Fsp3) is 0.867. The Morgan fingerprint density at radius 1 is 0.864 bits per heavy atom. The van der Waals surface area contributed by atoms with E-state index in [1.165, 1.54) is 0 Å². The van der Waals surface area contributed by atoms with E-state index in [9.17, 15) is 9.59 Å². The lowest BCUT2D eigenvalue weighted by molar-refractivity contribution is -0.121. The maximum atomic E-state index is 11.7. The number of hydrogen-bond donors (Lipinski definition) is 4. The number of nitrogens with one attached hydrogen (secondary N) is 2. The summed E-state index contributed by atoms with van der Waals surface area (Å²) >= 11 is 0. The van der Waals surface area contributed by atoms with Crippen LogP contribution in [0.4, 0.5) is 0 Å². The predicted molar refractivity (Wildman–Crippen MR) is 89.3 cm³/mol. The molecule has 0 unspecified atom stereocenters. The molecule has 0 fully saturated rings. The van der Waals surface area contributed by atoms with Gasteiger partial charge in [-0.05, 0) is 38.9 Å². The van der Waals surface area contributed by atoms with Gasteiger partial charge in [0.05, 0.1) is 0 Å². The summed E-state index contributed by atoms with van der Waals surface area (Å²) in [6, 6.07) is 0. The molecular weight excluding hydrogens is 282 g/mol. The van der Waals surface area contributed by atoms with Crippen LogP contribution in [-0.2, 0) is 9.59 Å². The van der Waals surface area contributed by atoms with E-state index in [0.717, 1.165) is 25.8 Å². The van der Waals surface area contributed by atoms with Crippen LogP contribution in [-0.4, -0.2) is 62.5 Å². The quantitative estimate of drug-likeness (QED) is 0.320.